The standard InChI is InChI=1S/C95H112O17P2S4/c1-93(2,3)73-65-87-91(89(67-73)113(79-45-37-75(38-46-79)108-61-21-13-9-17-25-69-29-53-83(54-30-69)115(96,97)98)80-47-39-76(40-48-80)109-62-22-14-10-18-26-70-31-55-84(56-32-70)116(99,100)101)112-92-88(95(87,7)8)66-74(94(4,5)6)68-90(92)114(81-49-41-77(42-50-81)110-63-23-15-11-19-27-71-33-57-85(58-34-71)117(102,103)104)82-51-43-78(44-52-82)111-64-24-16-12-20-28-72-35-59-86(60-36-72)118(105,106)107/h29-60,65-68H,9-28,61-64H2,1-8H3,(H,96,97,98)(H,99,100,101)(H,102,103,104)(H,105,106,107). The second kappa shape index (κ2) is 40.4. The van der Waals surface area contributed by atoms with Gasteiger partial charge < -0.3 is 23.7 Å². The van der Waals surface area contributed by atoms with Crippen molar-refractivity contribution in [3.63, 3.8) is 0 Å². The Morgan fingerprint density at radius 3 is 0.712 bits per heavy atom. The molecule has 0 saturated heterocycles. The summed E-state index contributed by atoms with van der Waals surface area (Å²) >= 11 is 0. The van der Waals surface area contributed by atoms with E-state index in [9.17, 15) is 51.9 Å². The van der Waals surface area contributed by atoms with Crippen LogP contribution < -0.4 is 55.5 Å². The molecule has 11 rings (SSSR count). The Morgan fingerprint density at radius 1 is 0.297 bits per heavy atom. The van der Waals surface area contributed by atoms with Crippen LogP contribution in [0.2, 0.25) is 0 Å². The van der Waals surface area contributed by atoms with Crippen LogP contribution in [0.4, 0.5) is 0 Å². The first-order chi connectivity index (χ1) is 56.1. The minimum atomic E-state index is -4.25. The number of unbranched alkanes of at least 4 members (excludes halogenated alkanes) is 12. The van der Waals surface area contributed by atoms with Crippen molar-refractivity contribution in [3.05, 3.63) is 263 Å². The highest BCUT2D eigenvalue weighted by molar-refractivity contribution is 7.86. The molecule has 1 aliphatic rings. The largest absolute Gasteiger partial charge is 0.494 e. The second-order valence-corrected chi connectivity index (χ2v) is 43.2. The molecule has 628 valence electrons. The smallest absolute Gasteiger partial charge is 0.294 e. The molecule has 4 N–H and O–H groups in total. The van der Waals surface area contributed by atoms with Gasteiger partial charge in [-0.2, -0.15) is 33.7 Å². The fourth-order valence-corrected chi connectivity index (χ4v) is 21.3. The molecule has 1 aliphatic heterocycles. The van der Waals surface area contributed by atoms with Gasteiger partial charge in [0.05, 0.1) is 46.0 Å². The molecule has 0 amide bonds. The van der Waals surface area contributed by atoms with Gasteiger partial charge in [0.1, 0.15) is 34.5 Å². The van der Waals surface area contributed by atoms with Gasteiger partial charge in [-0.1, -0.05) is 216 Å². The molecule has 23 heteroatoms. The van der Waals surface area contributed by atoms with Crippen LogP contribution in [-0.2, 0) is 82.4 Å². The van der Waals surface area contributed by atoms with E-state index in [1.807, 2.05) is 0 Å². The van der Waals surface area contributed by atoms with Crippen molar-refractivity contribution >= 4 is 88.1 Å². The predicted octanol–water partition coefficient (Wildman–Crippen LogP) is 19.9. The van der Waals surface area contributed by atoms with Gasteiger partial charge in [0.25, 0.3) is 40.5 Å². The summed E-state index contributed by atoms with van der Waals surface area (Å²) in [4.78, 5) is -0.444. The van der Waals surface area contributed by atoms with E-state index in [2.05, 4.69) is 177 Å². The lowest BCUT2D eigenvalue weighted by Gasteiger charge is -2.41. The average Bonchev–Trinajstić information content (AvgIpc) is 0.710. The molecule has 17 nitrogen and oxygen atoms in total. The molecule has 0 spiro atoms. The average molecular weight is 1720 g/mol. The van der Waals surface area contributed by atoms with E-state index in [4.69, 9.17) is 23.7 Å². The Hall–Kier alpha value is -8.30. The van der Waals surface area contributed by atoms with E-state index in [0.717, 1.165) is 228 Å². The Kier molecular flexibility index (Phi) is 31.0. The molecule has 0 saturated carbocycles. The van der Waals surface area contributed by atoms with Crippen LogP contribution in [0.5, 0.6) is 34.5 Å². The maximum Gasteiger partial charge on any atom is 0.294 e. The van der Waals surface area contributed by atoms with Crippen molar-refractivity contribution in [1.29, 1.82) is 0 Å². The van der Waals surface area contributed by atoms with Crippen molar-refractivity contribution in [3.8, 4) is 34.5 Å². The minimum Gasteiger partial charge on any atom is -0.494 e. The molecule has 118 heavy (non-hydrogen) atoms. The predicted molar refractivity (Wildman–Crippen MR) is 476 cm³/mol. The fourth-order valence-electron chi connectivity index (χ4n) is 14.6. The van der Waals surface area contributed by atoms with Crippen molar-refractivity contribution in [2.45, 2.75) is 220 Å². The molecule has 0 aromatic heterocycles. The van der Waals surface area contributed by atoms with Crippen LogP contribution >= 0.6 is 15.8 Å². The molecule has 10 aromatic rings. The normalized spacial score (nSPS) is 13.1. The molecule has 0 unspecified atom stereocenters. The molecule has 0 aliphatic carbocycles. The lowest BCUT2D eigenvalue weighted by Crippen LogP contribution is -2.35. The van der Waals surface area contributed by atoms with Crippen molar-refractivity contribution in [2.75, 3.05) is 26.4 Å². The highest BCUT2D eigenvalue weighted by Crippen LogP contribution is 2.55. The number of rotatable bonds is 42. The summed E-state index contributed by atoms with van der Waals surface area (Å²) in [5.41, 5.74) is 7.49. The lowest BCUT2D eigenvalue weighted by molar-refractivity contribution is 0.304. The van der Waals surface area contributed by atoms with E-state index < -0.39 is 61.7 Å². The minimum absolute atomic E-state index is 0.111. The number of ether oxygens (including phenoxy) is 5. The summed E-state index contributed by atoms with van der Waals surface area (Å²) in [6, 6.07) is 69.4. The van der Waals surface area contributed by atoms with Crippen molar-refractivity contribution in [1.82, 2.24) is 0 Å². The first kappa shape index (κ1) is 90.5. The van der Waals surface area contributed by atoms with Gasteiger partial charge in [-0.3, -0.25) is 18.2 Å². The zero-order valence-corrected chi connectivity index (χ0v) is 73.9. The van der Waals surface area contributed by atoms with Crippen LogP contribution in [0.25, 0.3) is 0 Å². The van der Waals surface area contributed by atoms with Gasteiger partial charge in [-0.05, 0) is 268 Å². The zero-order valence-electron chi connectivity index (χ0n) is 68.9. The quantitative estimate of drug-likeness (QED) is 0.0157. The van der Waals surface area contributed by atoms with Gasteiger partial charge >= 0.3 is 0 Å². The summed E-state index contributed by atoms with van der Waals surface area (Å²) in [5.74, 6) is 4.74. The number of aryl methyl sites for hydroxylation is 4. The summed E-state index contributed by atoms with van der Waals surface area (Å²) in [5, 5.41) is 6.61. The van der Waals surface area contributed by atoms with Gasteiger partial charge in [0.2, 0.25) is 0 Å². The van der Waals surface area contributed by atoms with Crippen LogP contribution in [0.15, 0.2) is 238 Å². The molecule has 0 atom stereocenters. The third kappa shape index (κ3) is 25.4. The summed E-state index contributed by atoms with van der Waals surface area (Å²) in [6.45, 7) is 20.5. The molecule has 0 bridgehead atoms. The molecular weight excluding hydrogens is 1600 g/mol. The van der Waals surface area contributed by atoms with Crippen molar-refractivity contribution < 1.29 is 75.6 Å². The fraction of sp³-hybridized carbons (Fsp3) is 0.368. The summed E-state index contributed by atoms with van der Waals surface area (Å²) < 4.78 is 164. The zero-order chi connectivity index (χ0) is 84.5. The van der Waals surface area contributed by atoms with E-state index in [1.54, 1.807) is 48.5 Å². The monoisotopic (exact) mass is 1710 g/mol. The third-order valence-electron chi connectivity index (χ3n) is 21.7. The van der Waals surface area contributed by atoms with E-state index in [1.165, 1.54) is 59.7 Å². The molecule has 1 heterocycles. The van der Waals surface area contributed by atoms with Crippen LogP contribution in [0.3, 0.4) is 0 Å². The molecule has 0 radical (unpaired) electrons. The number of fused-ring (bicyclic) bond motifs is 2. The van der Waals surface area contributed by atoms with Gasteiger partial charge in [-0.15, -0.1) is 0 Å². The number of hydrogen-bond donors (Lipinski definition) is 4. The maximum atomic E-state index is 11.6. The highest BCUT2D eigenvalue weighted by atomic mass is 32.2. The third-order valence-corrected chi connectivity index (χ3v) is 30.0. The summed E-state index contributed by atoms with van der Waals surface area (Å²) in [7, 11) is -19.7. The maximum absolute atomic E-state index is 11.6. The summed E-state index contributed by atoms with van der Waals surface area (Å²) in [6.07, 6.45) is 18.1. The van der Waals surface area contributed by atoms with Crippen LogP contribution in [0, 0.1) is 0 Å². The van der Waals surface area contributed by atoms with E-state index in [-0.39, 0.29) is 30.4 Å². The molecule has 0 fully saturated rings. The Morgan fingerprint density at radius 2 is 0.508 bits per heavy atom. The lowest BCUT2D eigenvalue weighted by atomic mass is 9.72. The highest BCUT2D eigenvalue weighted by Gasteiger charge is 2.42. The van der Waals surface area contributed by atoms with Crippen LogP contribution in [0.1, 0.15) is 203 Å². The van der Waals surface area contributed by atoms with Crippen molar-refractivity contribution in [2.24, 2.45) is 0 Å². The van der Waals surface area contributed by atoms with Gasteiger partial charge in [-0.25, -0.2) is 0 Å². The first-order valence-electron chi connectivity index (χ1n) is 40.9. The van der Waals surface area contributed by atoms with E-state index in [0.29, 0.717) is 26.4 Å². The topological polar surface area (TPSA) is 264 Å². The Balaban J connectivity index is 0.883. The Bertz CT molecular complexity index is 4840. The van der Waals surface area contributed by atoms with Crippen LogP contribution in [-0.4, -0.2) is 78.3 Å². The molecule has 10 aromatic carbocycles. The van der Waals surface area contributed by atoms with Gasteiger partial charge in [0.15, 0.2) is 0 Å². The van der Waals surface area contributed by atoms with E-state index >= 15 is 0 Å². The number of hydrogen-bond acceptors (Lipinski definition) is 13. The first-order valence-corrected chi connectivity index (χ1v) is 49.3. The Labute approximate surface area is 702 Å². The second-order valence-electron chi connectivity index (χ2n) is 33.1. The molecular formula is C95H112O17P2S4. The number of benzene rings is 10. The SMILES string of the molecule is CC(C)(C)c1cc(P(c2ccc(OCCCCCCc3ccc(S(=O)(=O)O)cc3)cc2)c2ccc(OCCCCCCc3ccc(S(=O)(=O)O)cc3)cc2)c2c(c1)C(C)(C)c1cc(C(C)(C)C)cc(P(c3ccc(OCCCCCCc4ccc(S(=O)(=O)O)cc4)cc3)c3ccc(OCCCCCCc4ccc(S(=O)(=O)O)cc4)cc3)c1O2. The van der Waals surface area contributed by atoms with Gasteiger partial charge in [0, 0.05) is 27.2 Å².